The van der Waals surface area contributed by atoms with Crippen molar-refractivity contribution in [1.82, 2.24) is 4.90 Å². The number of rotatable bonds is 3. The summed E-state index contributed by atoms with van der Waals surface area (Å²) < 4.78 is 5.19. The number of amides is 1. The first-order chi connectivity index (χ1) is 10.0. The SMILES string of the molecule is O=C(O)[C@H]1Cc2ccc(O)cc2CN1C(=O)OCC1CC1. The first-order valence-electron chi connectivity index (χ1n) is 7.01. The molecule has 0 aromatic heterocycles. The average molecular weight is 291 g/mol. The molecular weight excluding hydrogens is 274 g/mol. The van der Waals surface area contributed by atoms with Crippen LogP contribution in [0.3, 0.4) is 0 Å². The molecule has 1 fully saturated rings. The zero-order valence-electron chi connectivity index (χ0n) is 11.5. The van der Waals surface area contributed by atoms with E-state index in [1.165, 1.54) is 11.0 Å². The maximum absolute atomic E-state index is 12.1. The van der Waals surface area contributed by atoms with Gasteiger partial charge in [0.2, 0.25) is 0 Å². The first-order valence-corrected chi connectivity index (χ1v) is 7.01. The number of aliphatic carboxylic acids is 1. The van der Waals surface area contributed by atoms with Crippen LogP contribution >= 0.6 is 0 Å². The van der Waals surface area contributed by atoms with Crippen molar-refractivity contribution in [1.29, 1.82) is 0 Å². The van der Waals surface area contributed by atoms with E-state index in [-0.39, 0.29) is 18.7 Å². The van der Waals surface area contributed by atoms with Gasteiger partial charge in [-0.25, -0.2) is 9.59 Å². The molecule has 1 aliphatic heterocycles. The summed E-state index contributed by atoms with van der Waals surface area (Å²) in [5, 5.41) is 18.9. The molecule has 1 aromatic carbocycles. The Hall–Kier alpha value is -2.24. The Labute approximate surface area is 121 Å². The second-order valence-electron chi connectivity index (χ2n) is 5.66. The fourth-order valence-corrected chi connectivity index (χ4v) is 2.54. The number of hydrogen-bond acceptors (Lipinski definition) is 4. The molecule has 1 saturated carbocycles. The van der Waals surface area contributed by atoms with Crippen LogP contribution in [0.2, 0.25) is 0 Å². The van der Waals surface area contributed by atoms with Crippen molar-refractivity contribution in [2.24, 2.45) is 5.92 Å². The van der Waals surface area contributed by atoms with Gasteiger partial charge in [-0.15, -0.1) is 0 Å². The second-order valence-corrected chi connectivity index (χ2v) is 5.66. The number of nitrogens with zero attached hydrogens (tertiary/aromatic N) is 1. The number of carboxylic acids is 1. The maximum atomic E-state index is 12.1. The van der Waals surface area contributed by atoms with Gasteiger partial charge in [-0.3, -0.25) is 4.90 Å². The molecule has 1 atom stereocenters. The van der Waals surface area contributed by atoms with Crippen LogP contribution in [0.15, 0.2) is 18.2 Å². The van der Waals surface area contributed by atoms with E-state index in [1.54, 1.807) is 12.1 Å². The monoisotopic (exact) mass is 291 g/mol. The van der Waals surface area contributed by atoms with Crippen molar-refractivity contribution >= 4 is 12.1 Å². The fourth-order valence-electron chi connectivity index (χ4n) is 2.54. The predicted molar refractivity (Wildman–Crippen MR) is 72.8 cm³/mol. The van der Waals surface area contributed by atoms with Crippen LogP contribution in [-0.4, -0.2) is 39.8 Å². The minimum Gasteiger partial charge on any atom is -0.508 e. The summed E-state index contributed by atoms with van der Waals surface area (Å²) in [7, 11) is 0. The van der Waals surface area contributed by atoms with Crippen molar-refractivity contribution in [2.75, 3.05) is 6.61 Å². The minimum absolute atomic E-state index is 0.105. The molecule has 3 rings (SSSR count). The van der Waals surface area contributed by atoms with Crippen LogP contribution in [0, 0.1) is 5.92 Å². The van der Waals surface area contributed by atoms with Crippen LogP contribution < -0.4 is 0 Å². The molecule has 0 spiro atoms. The largest absolute Gasteiger partial charge is 0.508 e. The number of carbonyl (C=O) groups is 2. The molecule has 2 N–H and O–H groups in total. The predicted octanol–water partition coefficient (Wildman–Crippen LogP) is 1.75. The van der Waals surface area contributed by atoms with Crippen LogP contribution in [0.5, 0.6) is 5.75 Å². The molecule has 0 radical (unpaired) electrons. The van der Waals surface area contributed by atoms with Crippen molar-refractivity contribution in [2.45, 2.75) is 31.8 Å². The lowest BCUT2D eigenvalue weighted by atomic mass is 9.94. The van der Waals surface area contributed by atoms with Crippen molar-refractivity contribution in [3.05, 3.63) is 29.3 Å². The minimum atomic E-state index is -1.04. The Balaban J connectivity index is 1.79. The highest BCUT2D eigenvalue weighted by Crippen LogP contribution is 2.30. The summed E-state index contributed by atoms with van der Waals surface area (Å²) in [6.07, 6.45) is 1.76. The van der Waals surface area contributed by atoms with E-state index in [4.69, 9.17) is 4.74 Å². The third-order valence-corrected chi connectivity index (χ3v) is 3.98. The van der Waals surface area contributed by atoms with Crippen LogP contribution in [0.25, 0.3) is 0 Å². The van der Waals surface area contributed by atoms with Crippen molar-refractivity contribution < 1.29 is 24.5 Å². The molecule has 2 aliphatic rings. The van der Waals surface area contributed by atoms with E-state index in [2.05, 4.69) is 0 Å². The maximum Gasteiger partial charge on any atom is 0.410 e. The number of phenols is 1. The molecule has 1 heterocycles. The van der Waals surface area contributed by atoms with Gasteiger partial charge in [-0.1, -0.05) is 6.07 Å². The fraction of sp³-hybridized carbons (Fsp3) is 0.467. The number of benzene rings is 1. The number of carboxylic acid groups (broad SMARTS) is 1. The number of ether oxygens (including phenoxy) is 1. The molecule has 112 valence electrons. The molecule has 6 heteroatoms. The highest BCUT2D eigenvalue weighted by Gasteiger charge is 2.36. The van der Waals surface area contributed by atoms with Gasteiger partial charge < -0.3 is 14.9 Å². The van der Waals surface area contributed by atoms with Gasteiger partial charge in [0, 0.05) is 6.42 Å². The van der Waals surface area contributed by atoms with E-state index >= 15 is 0 Å². The van der Waals surface area contributed by atoms with Gasteiger partial charge in [0.15, 0.2) is 0 Å². The Morgan fingerprint density at radius 3 is 2.71 bits per heavy atom. The molecular formula is C15H17NO5. The topological polar surface area (TPSA) is 87.1 Å². The zero-order chi connectivity index (χ0) is 15.0. The third-order valence-electron chi connectivity index (χ3n) is 3.98. The lowest BCUT2D eigenvalue weighted by Gasteiger charge is -2.33. The zero-order valence-corrected chi connectivity index (χ0v) is 11.5. The van der Waals surface area contributed by atoms with E-state index in [1.807, 2.05) is 0 Å². The van der Waals surface area contributed by atoms with E-state index in [9.17, 15) is 19.8 Å². The van der Waals surface area contributed by atoms with Gasteiger partial charge in [-0.05, 0) is 42.0 Å². The molecule has 0 unspecified atom stereocenters. The van der Waals surface area contributed by atoms with Crippen molar-refractivity contribution in [3.8, 4) is 5.75 Å². The van der Waals surface area contributed by atoms with Gasteiger partial charge in [0.25, 0.3) is 0 Å². The van der Waals surface area contributed by atoms with Crippen LogP contribution in [-0.2, 0) is 22.5 Å². The van der Waals surface area contributed by atoms with Crippen LogP contribution in [0.1, 0.15) is 24.0 Å². The Morgan fingerprint density at radius 1 is 1.29 bits per heavy atom. The molecule has 0 bridgehead atoms. The lowest BCUT2D eigenvalue weighted by Crippen LogP contribution is -2.48. The van der Waals surface area contributed by atoms with E-state index < -0.39 is 18.1 Å². The molecule has 1 aliphatic carbocycles. The Morgan fingerprint density at radius 2 is 2.05 bits per heavy atom. The summed E-state index contributed by atoms with van der Waals surface area (Å²) in [4.78, 5) is 24.7. The number of aromatic hydroxyl groups is 1. The lowest BCUT2D eigenvalue weighted by molar-refractivity contribution is -0.143. The summed E-state index contributed by atoms with van der Waals surface area (Å²) in [5.74, 6) is -0.510. The Bertz CT molecular complexity index is 581. The molecule has 6 nitrogen and oxygen atoms in total. The summed E-state index contributed by atoms with van der Waals surface area (Å²) in [5.41, 5.74) is 1.60. The summed E-state index contributed by atoms with van der Waals surface area (Å²) in [6.45, 7) is 0.499. The van der Waals surface area contributed by atoms with Crippen LogP contribution in [0.4, 0.5) is 4.79 Å². The third kappa shape index (κ3) is 2.94. The highest BCUT2D eigenvalue weighted by molar-refractivity contribution is 5.81. The highest BCUT2D eigenvalue weighted by atomic mass is 16.6. The smallest absolute Gasteiger partial charge is 0.410 e. The van der Waals surface area contributed by atoms with Crippen molar-refractivity contribution in [3.63, 3.8) is 0 Å². The number of carbonyl (C=O) groups excluding carboxylic acids is 1. The van der Waals surface area contributed by atoms with Gasteiger partial charge in [0.1, 0.15) is 11.8 Å². The van der Waals surface area contributed by atoms with Gasteiger partial charge >= 0.3 is 12.1 Å². The first kappa shape index (κ1) is 13.7. The second kappa shape index (κ2) is 5.27. The quantitative estimate of drug-likeness (QED) is 0.886. The molecule has 21 heavy (non-hydrogen) atoms. The van der Waals surface area contributed by atoms with Gasteiger partial charge in [-0.2, -0.15) is 0 Å². The Kier molecular flexibility index (Phi) is 3.45. The van der Waals surface area contributed by atoms with Gasteiger partial charge in [0.05, 0.1) is 13.2 Å². The van der Waals surface area contributed by atoms with E-state index in [0.717, 1.165) is 24.0 Å². The number of phenolic OH excluding ortho intramolecular Hbond substituents is 1. The molecule has 0 saturated heterocycles. The summed E-state index contributed by atoms with van der Waals surface area (Å²) in [6, 6.07) is 3.87. The average Bonchev–Trinajstić information content (AvgIpc) is 3.27. The van der Waals surface area contributed by atoms with E-state index in [0.29, 0.717) is 12.5 Å². The standard InChI is InChI=1S/C15H17NO5/c17-12-4-3-10-6-13(14(18)19)16(7-11(10)5-12)15(20)21-8-9-1-2-9/h3-5,9,13,17H,1-2,6-8H2,(H,18,19)/t13-/m1/s1. The number of hydrogen-bond donors (Lipinski definition) is 2. The normalized spacial score (nSPS) is 20.8. The molecule has 1 amide bonds. The molecule has 1 aromatic rings. The number of fused-ring (bicyclic) bond motifs is 1. The summed E-state index contributed by atoms with van der Waals surface area (Å²) >= 11 is 0.